The van der Waals surface area contributed by atoms with Crippen LogP contribution in [-0.2, 0) is 10.0 Å². The first kappa shape index (κ1) is 27.6. The zero-order valence-corrected chi connectivity index (χ0v) is 22.2. The first-order valence-corrected chi connectivity index (χ1v) is 13.3. The molecule has 0 spiro atoms. The van der Waals surface area contributed by atoms with Crippen LogP contribution >= 0.6 is 11.6 Å². The maximum atomic E-state index is 14.8. The molecule has 0 radical (unpaired) electrons. The molecule has 1 N–H and O–H groups in total. The predicted octanol–water partition coefficient (Wildman–Crippen LogP) is 5.92. The molecule has 3 aromatic rings. The molecule has 0 aromatic heterocycles. The second-order valence-corrected chi connectivity index (χ2v) is 11.0. The van der Waals surface area contributed by atoms with Gasteiger partial charge in [-0.25, -0.2) is 17.2 Å². The number of nitriles is 1. The van der Waals surface area contributed by atoms with E-state index in [0.29, 0.717) is 19.5 Å². The molecule has 38 heavy (non-hydrogen) atoms. The van der Waals surface area contributed by atoms with Crippen molar-refractivity contribution in [3.63, 3.8) is 0 Å². The van der Waals surface area contributed by atoms with Crippen LogP contribution in [0.15, 0.2) is 41.3 Å². The molecule has 1 fully saturated rings. The van der Waals surface area contributed by atoms with Crippen LogP contribution in [0.2, 0.25) is 5.02 Å². The highest BCUT2D eigenvalue weighted by Crippen LogP contribution is 2.39. The lowest BCUT2D eigenvalue weighted by molar-refractivity contribution is 0.197. The van der Waals surface area contributed by atoms with Crippen LogP contribution in [-0.4, -0.2) is 39.6 Å². The van der Waals surface area contributed by atoms with E-state index in [2.05, 4.69) is 4.72 Å². The number of hydrogen-bond donors (Lipinski definition) is 1. The smallest absolute Gasteiger partial charge is 0.262 e. The minimum atomic E-state index is -4.41. The Morgan fingerprint density at radius 2 is 1.87 bits per heavy atom. The predicted molar refractivity (Wildman–Crippen MR) is 136 cm³/mol. The third-order valence-corrected chi connectivity index (χ3v) is 8.03. The summed E-state index contributed by atoms with van der Waals surface area (Å²) in [7, 11) is -2.59. The summed E-state index contributed by atoms with van der Waals surface area (Å²) in [5, 5.41) is 9.24. The van der Waals surface area contributed by atoms with Gasteiger partial charge in [-0.3, -0.25) is 4.72 Å². The van der Waals surface area contributed by atoms with E-state index in [9.17, 15) is 21.6 Å². The lowest BCUT2D eigenvalue weighted by Crippen LogP contribution is -2.24. The number of ether oxygens (including phenoxy) is 2. The van der Waals surface area contributed by atoms with Gasteiger partial charge in [-0.15, -0.1) is 0 Å². The van der Waals surface area contributed by atoms with Gasteiger partial charge in [-0.1, -0.05) is 17.7 Å². The molecule has 0 saturated carbocycles. The molecule has 1 aliphatic heterocycles. The molecule has 200 valence electrons. The van der Waals surface area contributed by atoms with Gasteiger partial charge in [0.15, 0.2) is 17.4 Å². The summed E-state index contributed by atoms with van der Waals surface area (Å²) in [5.74, 6) is -5.14. The summed E-state index contributed by atoms with van der Waals surface area (Å²) in [6, 6.07) is 10.6. The topological polar surface area (TPSA) is 91.7 Å². The molecule has 1 aliphatic rings. The molecule has 3 aromatic carbocycles. The number of sulfonamides is 1. The van der Waals surface area contributed by atoms with Gasteiger partial charge in [0.25, 0.3) is 10.0 Å². The Hall–Kier alpha value is -3.46. The number of nitrogens with zero attached hydrogens (tertiary/aromatic N) is 2. The minimum absolute atomic E-state index is 0.0999. The van der Waals surface area contributed by atoms with Crippen LogP contribution in [0.25, 0.3) is 0 Å². The van der Waals surface area contributed by atoms with Gasteiger partial charge in [0, 0.05) is 18.7 Å². The fourth-order valence-electron chi connectivity index (χ4n) is 4.12. The molecular formula is C26H23ClF3N3O4S. The molecule has 0 amide bonds. The zero-order chi connectivity index (χ0) is 27.8. The fraction of sp³-hybridized carbons (Fsp3) is 0.269. The monoisotopic (exact) mass is 565 g/mol. The van der Waals surface area contributed by atoms with Crippen LogP contribution in [0.1, 0.15) is 23.1 Å². The summed E-state index contributed by atoms with van der Waals surface area (Å²) in [6.45, 7) is 3.69. The number of likely N-dealkylation sites (N-methyl/N-ethyl adjacent to an activating group) is 1. The van der Waals surface area contributed by atoms with E-state index in [1.54, 1.807) is 12.1 Å². The molecule has 4 rings (SSSR count). The molecule has 0 bridgehead atoms. The highest BCUT2D eigenvalue weighted by molar-refractivity contribution is 7.92. The van der Waals surface area contributed by atoms with Gasteiger partial charge >= 0.3 is 0 Å². The number of rotatable bonds is 7. The Labute approximate surface area is 223 Å². The van der Waals surface area contributed by atoms with Gasteiger partial charge < -0.3 is 14.4 Å². The van der Waals surface area contributed by atoms with Crippen molar-refractivity contribution >= 4 is 27.3 Å². The third kappa shape index (κ3) is 5.38. The van der Waals surface area contributed by atoms with E-state index in [1.807, 2.05) is 18.0 Å². The normalized spacial score (nSPS) is 15.8. The first-order valence-electron chi connectivity index (χ1n) is 11.4. The van der Waals surface area contributed by atoms with Crippen molar-refractivity contribution in [2.24, 2.45) is 0 Å². The van der Waals surface area contributed by atoms with E-state index in [-0.39, 0.29) is 32.5 Å². The molecule has 0 unspecified atom stereocenters. The van der Waals surface area contributed by atoms with Crippen molar-refractivity contribution in [3.05, 3.63) is 75.6 Å². The Balaban J connectivity index is 1.67. The average molecular weight is 566 g/mol. The highest BCUT2D eigenvalue weighted by Gasteiger charge is 2.31. The highest BCUT2D eigenvalue weighted by atomic mass is 35.5. The molecular weight excluding hydrogens is 543 g/mol. The zero-order valence-electron chi connectivity index (χ0n) is 20.6. The number of halogens is 4. The van der Waals surface area contributed by atoms with E-state index in [0.717, 1.165) is 6.92 Å². The van der Waals surface area contributed by atoms with E-state index < -0.39 is 50.6 Å². The Morgan fingerprint density at radius 3 is 2.50 bits per heavy atom. The number of hydrogen-bond acceptors (Lipinski definition) is 6. The second-order valence-electron chi connectivity index (χ2n) is 8.93. The van der Waals surface area contributed by atoms with Gasteiger partial charge in [-0.05, 0) is 63.2 Å². The molecule has 12 heteroatoms. The number of aryl methyl sites for hydroxylation is 1. The Bertz CT molecular complexity index is 1560. The van der Waals surface area contributed by atoms with Crippen LogP contribution in [0.5, 0.6) is 17.2 Å². The van der Waals surface area contributed by atoms with E-state index >= 15 is 0 Å². The minimum Gasteiger partial charge on any atom is -0.484 e. The van der Waals surface area contributed by atoms with Gasteiger partial charge in [-0.2, -0.15) is 9.65 Å². The number of anilines is 1. The number of nitrogens with one attached hydrogen (secondary N) is 1. The summed E-state index contributed by atoms with van der Waals surface area (Å²) in [4.78, 5) is 1.70. The van der Waals surface area contributed by atoms with Gasteiger partial charge in [0.2, 0.25) is 5.82 Å². The van der Waals surface area contributed by atoms with Gasteiger partial charge in [0.05, 0.1) is 16.1 Å². The van der Waals surface area contributed by atoms with Crippen molar-refractivity contribution in [3.8, 4) is 23.3 Å². The quantitative estimate of drug-likeness (QED) is 0.358. The van der Waals surface area contributed by atoms with Crippen molar-refractivity contribution in [2.75, 3.05) is 24.9 Å². The van der Waals surface area contributed by atoms with Crippen LogP contribution in [0, 0.1) is 42.6 Å². The lowest BCUT2D eigenvalue weighted by atomic mass is 10.1. The standard InChI is InChI=1S/C26H23ClF3N3O4S/c1-14-11-17(36-19-6-4-5-16(12-31)21(19)27)7-8-20(14)38(34,35)32-25-15(2)22(28)23(29)24(30)26(25)37-18-9-10-33(3)13-18/h4-8,11,18,32H,9-10,13H2,1-3H3/t18-/m1/s1. The average Bonchev–Trinajstić information content (AvgIpc) is 3.29. The molecule has 0 aliphatic carbocycles. The molecule has 1 atom stereocenters. The maximum Gasteiger partial charge on any atom is 0.262 e. The van der Waals surface area contributed by atoms with Crippen molar-refractivity contribution in [1.82, 2.24) is 4.90 Å². The third-order valence-electron chi connectivity index (χ3n) is 6.13. The van der Waals surface area contributed by atoms with Gasteiger partial charge in [0.1, 0.15) is 28.7 Å². The number of benzene rings is 3. The van der Waals surface area contributed by atoms with E-state index in [1.165, 1.54) is 31.2 Å². The largest absolute Gasteiger partial charge is 0.484 e. The molecule has 7 nitrogen and oxygen atoms in total. The summed E-state index contributed by atoms with van der Waals surface area (Å²) in [6.07, 6.45) is -0.0336. The summed E-state index contributed by atoms with van der Waals surface area (Å²) in [5.41, 5.74) is -0.516. The second kappa shape index (κ2) is 10.7. The summed E-state index contributed by atoms with van der Waals surface area (Å²) < 4.78 is 83.7. The Kier molecular flexibility index (Phi) is 7.78. The first-order chi connectivity index (χ1) is 17.9. The SMILES string of the molecule is Cc1cc(Oc2cccc(C#N)c2Cl)ccc1S(=O)(=O)Nc1c(C)c(F)c(F)c(F)c1O[C@@H]1CCN(C)C1. The van der Waals surface area contributed by atoms with Crippen LogP contribution in [0.3, 0.4) is 0 Å². The van der Waals surface area contributed by atoms with E-state index in [4.69, 9.17) is 26.3 Å². The van der Waals surface area contributed by atoms with Crippen LogP contribution < -0.4 is 14.2 Å². The fourth-order valence-corrected chi connectivity index (χ4v) is 5.68. The lowest BCUT2D eigenvalue weighted by Gasteiger charge is -2.21. The Morgan fingerprint density at radius 1 is 1.13 bits per heavy atom. The summed E-state index contributed by atoms with van der Waals surface area (Å²) >= 11 is 6.17. The maximum absolute atomic E-state index is 14.8. The molecule has 1 heterocycles. The molecule has 1 saturated heterocycles. The van der Waals surface area contributed by atoms with Crippen LogP contribution in [0.4, 0.5) is 18.9 Å². The van der Waals surface area contributed by atoms with Crippen molar-refractivity contribution in [2.45, 2.75) is 31.3 Å². The number of likely N-dealkylation sites (tertiary alicyclic amines) is 1. The van der Waals surface area contributed by atoms with Crippen molar-refractivity contribution in [1.29, 1.82) is 5.26 Å². The van der Waals surface area contributed by atoms with Crippen molar-refractivity contribution < 1.29 is 31.1 Å².